The van der Waals surface area contributed by atoms with E-state index in [0.717, 1.165) is 56.4 Å². The summed E-state index contributed by atoms with van der Waals surface area (Å²) in [4.78, 5) is 4.91. The summed E-state index contributed by atoms with van der Waals surface area (Å²) in [5, 5.41) is 2.43. The summed E-state index contributed by atoms with van der Waals surface area (Å²) in [6.45, 7) is 4.74. The van der Waals surface area contributed by atoms with Gasteiger partial charge in [-0.2, -0.15) is 0 Å². The molecule has 11 aromatic carbocycles. The Hall–Kier alpha value is -8.72. The Morgan fingerprint density at radius 3 is 1.38 bits per heavy atom. The lowest BCUT2D eigenvalue weighted by Crippen LogP contribution is -2.17. The van der Waals surface area contributed by atoms with E-state index in [1.54, 1.807) is 0 Å². The van der Waals surface area contributed by atoms with Crippen molar-refractivity contribution in [2.45, 2.75) is 19.3 Å². The van der Waals surface area contributed by atoms with Gasteiger partial charge in [0.05, 0.1) is 5.69 Å². The molecule has 0 saturated heterocycles. The van der Waals surface area contributed by atoms with Crippen LogP contribution < -0.4 is 9.80 Å². The minimum absolute atomic E-state index is 0.194. The molecule has 0 unspecified atom stereocenters. The average molecular weight is 883 g/mol. The van der Waals surface area contributed by atoms with Crippen molar-refractivity contribution in [3.05, 3.63) is 278 Å². The Kier molecular flexibility index (Phi) is 10.6. The molecule has 1 aliphatic rings. The average Bonchev–Trinajstić information content (AvgIpc) is 3.64. The van der Waals surface area contributed by atoms with Crippen LogP contribution in [0.15, 0.2) is 267 Å². The maximum atomic E-state index is 2.50. The highest BCUT2D eigenvalue weighted by molar-refractivity contribution is 6.11. The quantitative estimate of drug-likeness (QED) is 0.135. The molecule has 12 rings (SSSR count). The van der Waals surface area contributed by atoms with Crippen molar-refractivity contribution in [1.29, 1.82) is 0 Å². The van der Waals surface area contributed by atoms with E-state index in [1.165, 1.54) is 55.3 Å². The van der Waals surface area contributed by atoms with Gasteiger partial charge in [0.15, 0.2) is 0 Å². The highest BCUT2D eigenvalue weighted by Crippen LogP contribution is 2.53. The maximum Gasteiger partial charge on any atom is 0.0540 e. The van der Waals surface area contributed by atoms with E-state index in [9.17, 15) is 0 Å². The third-order valence-corrected chi connectivity index (χ3v) is 14.0. The van der Waals surface area contributed by atoms with Gasteiger partial charge < -0.3 is 9.80 Å². The number of nitrogens with zero attached hydrogens (tertiary/aromatic N) is 2. The van der Waals surface area contributed by atoms with Crippen LogP contribution in [0.4, 0.5) is 34.1 Å². The third kappa shape index (κ3) is 7.48. The fourth-order valence-electron chi connectivity index (χ4n) is 10.8. The molecule has 2 nitrogen and oxygen atoms in total. The molecule has 69 heavy (non-hydrogen) atoms. The smallest absolute Gasteiger partial charge is 0.0540 e. The van der Waals surface area contributed by atoms with E-state index < -0.39 is 0 Å². The van der Waals surface area contributed by atoms with Gasteiger partial charge in [-0.25, -0.2) is 0 Å². The minimum Gasteiger partial charge on any atom is -0.310 e. The highest BCUT2D eigenvalue weighted by atomic mass is 15.2. The zero-order chi connectivity index (χ0) is 46.3. The summed E-state index contributed by atoms with van der Waals surface area (Å²) in [6, 6.07) is 97.7. The van der Waals surface area contributed by atoms with Gasteiger partial charge in [-0.1, -0.05) is 214 Å². The predicted octanol–water partition coefficient (Wildman–Crippen LogP) is 18.8. The van der Waals surface area contributed by atoms with Crippen LogP contribution in [0.2, 0.25) is 0 Å². The van der Waals surface area contributed by atoms with E-state index in [2.05, 4.69) is 291 Å². The number of anilines is 6. The van der Waals surface area contributed by atoms with Crippen LogP contribution >= 0.6 is 0 Å². The lowest BCUT2D eigenvalue weighted by molar-refractivity contribution is 0.660. The summed E-state index contributed by atoms with van der Waals surface area (Å²) >= 11 is 0. The van der Waals surface area contributed by atoms with Gasteiger partial charge in [-0.05, 0) is 139 Å². The first-order chi connectivity index (χ1) is 34.0. The Morgan fingerprint density at radius 2 is 0.739 bits per heavy atom. The number of benzene rings is 11. The Morgan fingerprint density at radius 1 is 0.261 bits per heavy atom. The maximum absolute atomic E-state index is 2.50. The van der Waals surface area contributed by atoms with Crippen LogP contribution in [-0.2, 0) is 5.41 Å². The number of hydrogen-bond acceptors (Lipinski definition) is 2. The summed E-state index contributed by atoms with van der Waals surface area (Å²) in [5.74, 6) is 0. The van der Waals surface area contributed by atoms with Gasteiger partial charge in [0, 0.05) is 39.4 Å². The standard InChI is InChI=1S/C67H50N2/c1-67(2)63-38-22-20-36-58(63)59-41-40-53(45-64(59)67)69(65-39-23-21-34-56(65)47-24-8-3-9-25-47)55-43-50(42-54(44-55)68(51-30-14-6-15-31-51)52-32-16-7-17-33-52)62-46-61(48-26-10-4-11-27-48)57-35-18-19-37-60(57)66(62)49-28-12-5-13-29-49/h3-46H,1-2H3. The lowest BCUT2D eigenvalue weighted by Gasteiger charge is -2.32. The molecule has 0 heterocycles. The Balaban J connectivity index is 1.20. The van der Waals surface area contributed by atoms with E-state index in [4.69, 9.17) is 0 Å². The van der Waals surface area contributed by atoms with Crippen LogP contribution in [-0.4, -0.2) is 0 Å². The molecule has 0 saturated carbocycles. The molecule has 0 atom stereocenters. The molecular weight excluding hydrogens is 833 g/mol. The van der Waals surface area contributed by atoms with Crippen LogP contribution in [0.1, 0.15) is 25.0 Å². The van der Waals surface area contributed by atoms with Crippen molar-refractivity contribution in [3.63, 3.8) is 0 Å². The zero-order valence-electron chi connectivity index (χ0n) is 38.8. The normalized spacial score (nSPS) is 12.3. The van der Waals surface area contributed by atoms with E-state index in [1.807, 2.05) is 0 Å². The first-order valence-electron chi connectivity index (χ1n) is 23.9. The first kappa shape index (κ1) is 41.7. The molecule has 2 heteroatoms. The third-order valence-electron chi connectivity index (χ3n) is 14.0. The molecule has 0 radical (unpaired) electrons. The second kappa shape index (κ2) is 17.5. The van der Waals surface area contributed by atoms with Crippen LogP contribution in [0.25, 0.3) is 66.4 Å². The largest absolute Gasteiger partial charge is 0.310 e. The SMILES string of the molecule is CC1(C)c2ccccc2-c2ccc(N(c3cc(-c4cc(-c5ccccc5)c5ccccc5c4-c4ccccc4)cc(N(c4ccccc4)c4ccccc4)c3)c3ccccc3-c3ccccc3)cc21. The second-order valence-corrected chi connectivity index (χ2v) is 18.5. The molecule has 0 aliphatic heterocycles. The zero-order valence-corrected chi connectivity index (χ0v) is 38.8. The van der Waals surface area contributed by atoms with Crippen LogP contribution in [0.5, 0.6) is 0 Å². The number of rotatable bonds is 10. The van der Waals surface area contributed by atoms with Crippen molar-refractivity contribution >= 4 is 44.9 Å². The molecule has 0 fully saturated rings. The molecule has 0 amide bonds. The van der Waals surface area contributed by atoms with Gasteiger partial charge in [-0.15, -0.1) is 0 Å². The van der Waals surface area contributed by atoms with E-state index in [0.29, 0.717) is 0 Å². The van der Waals surface area contributed by atoms with Crippen LogP contribution in [0.3, 0.4) is 0 Å². The van der Waals surface area contributed by atoms with Crippen molar-refractivity contribution in [1.82, 2.24) is 0 Å². The van der Waals surface area contributed by atoms with E-state index in [-0.39, 0.29) is 5.41 Å². The minimum atomic E-state index is -0.194. The van der Waals surface area contributed by atoms with Crippen molar-refractivity contribution < 1.29 is 0 Å². The van der Waals surface area contributed by atoms with Crippen molar-refractivity contribution in [3.8, 4) is 55.6 Å². The summed E-state index contributed by atoms with van der Waals surface area (Å²) in [6.07, 6.45) is 0. The lowest BCUT2D eigenvalue weighted by atomic mass is 9.82. The van der Waals surface area contributed by atoms with Gasteiger partial charge in [0.25, 0.3) is 0 Å². The molecule has 1 aliphatic carbocycles. The van der Waals surface area contributed by atoms with Gasteiger partial charge in [0.1, 0.15) is 0 Å². The Bertz CT molecular complexity index is 3580. The molecule has 0 aromatic heterocycles. The van der Waals surface area contributed by atoms with Crippen molar-refractivity contribution in [2.75, 3.05) is 9.80 Å². The first-order valence-corrected chi connectivity index (χ1v) is 23.9. The number of fused-ring (bicyclic) bond motifs is 4. The van der Waals surface area contributed by atoms with Crippen molar-refractivity contribution in [2.24, 2.45) is 0 Å². The fourth-order valence-corrected chi connectivity index (χ4v) is 10.8. The molecule has 0 N–H and O–H groups in total. The molecule has 328 valence electrons. The van der Waals surface area contributed by atoms with Gasteiger partial charge >= 0.3 is 0 Å². The summed E-state index contributed by atoms with van der Waals surface area (Å²) < 4.78 is 0. The number of hydrogen-bond donors (Lipinski definition) is 0. The topological polar surface area (TPSA) is 6.48 Å². The fraction of sp³-hybridized carbons (Fsp3) is 0.0448. The molecule has 11 aromatic rings. The van der Waals surface area contributed by atoms with Crippen LogP contribution in [0, 0.1) is 0 Å². The van der Waals surface area contributed by atoms with Gasteiger partial charge in [0.2, 0.25) is 0 Å². The van der Waals surface area contributed by atoms with E-state index >= 15 is 0 Å². The number of para-hydroxylation sites is 3. The molecular formula is C67H50N2. The van der Waals surface area contributed by atoms with Gasteiger partial charge in [-0.3, -0.25) is 0 Å². The predicted molar refractivity (Wildman–Crippen MR) is 293 cm³/mol. The molecule has 0 bridgehead atoms. The monoisotopic (exact) mass is 882 g/mol. The second-order valence-electron chi connectivity index (χ2n) is 18.5. The molecule has 0 spiro atoms. The summed E-state index contributed by atoms with van der Waals surface area (Å²) in [7, 11) is 0. The Labute approximate surface area is 405 Å². The highest BCUT2D eigenvalue weighted by Gasteiger charge is 2.36. The summed E-state index contributed by atoms with van der Waals surface area (Å²) in [5.41, 5.74) is 20.9.